The van der Waals surface area contributed by atoms with Crippen LogP contribution in [0.4, 0.5) is 0 Å². The molecular formula is C15H25N. The number of nitrogens with two attached hydrogens (primary N) is 1. The SMILES string of the molecule is CCCC(CC)(CCN)c1ccc(C)cc1. The molecule has 16 heavy (non-hydrogen) atoms. The number of hydrogen-bond donors (Lipinski definition) is 1. The number of rotatable bonds is 6. The summed E-state index contributed by atoms with van der Waals surface area (Å²) in [6, 6.07) is 8.99. The van der Waals surface area contributed by atoms with Gasteiger partial charge in [0.2, 0.25) is 0 Å². The minimum absolute atomic E-state index is 0.303. The van der Waals surface area contributed by atoms with E-state index in [1.54, 1.807) is 0 Å². The van der Waals surface area contributed by atoms with Crippen LogP contribution in [0.5, 0.6) is 0 Å². The Morgan fingerprint density at radius 2 is 1.69 bits per heavy atom. The van der Waals surface area contributed by atoms with Gasteiger partial charge in [-0.2, -0.15) is 0 Å². The lowest BCUT2D eigenvalue weighted by molar-refractivity contribution is 0.352. The lowest BCUT2D eigenvalue weighted by atomic mass is 9.72. The van der Waals surface area contributed by atoms with Gasteiger partial charge in [0.15, 0.2) is 0 Å². The second-order valence-electron chi connectivity index (χ2n) is 4.79. The molecule has 0 heterocycles. The van der Waals surface area contributed by atoms with Crippen LogP contribution in [0.15, 0.2) is 24.3 Å². The molecule has 1 aromatic carbocycles. The third-order valence-corrected chi connectivity index (χ3v) is 3.69. The summed E-state index contributed by atoms with van der Waals surface area (Å²) in [6.07, 6.45) is 4.74. The molecule has 0 aromatic heterocycles. The Hall–Kier alpha value is -0.820. The molecule has 2 N–H and O–H groups in total. The molecule has 0 saturated carbocycles. The first-order valence-corrected chi connectivity index (χ1v) is 6.45. The zero-order chi connectivity index (χ0) is 12.0. The van der Waals surface area contributed by atoms with Crippen molar-refractivity contribution < 1.29 is 0 Å². The van der Waals surface area contributed by atoms with E-state index < -0.39 is 0 Å². The summed E-state index contributed by atoms with van der Waals surface area (Å²) >= 11 is 0. The van der Waals surface area contributed by atoms with E-state index in [4.69, 9.17) is 5.73 Å². The third-order valence-electron chi connectivity index (χ3n) is 3.69. The van der Waals surface area contributed by atoms with Gasteiger partial charge < -0.3 is 5.73 Å². The first kappa shape index (κ1) is 13.2. The monoisotopic (exact) mass is 219 g/mol. The van der Waals surface area contributed by atoms with Crippen LogP contribution in [0.25, 0.3) is 0 Å². The molecule has 1 unspecified atom stereocenters. The van der Waals surface area contributed by atoms with E-state index in [9.17, 15) is 0 Å². The maximum Gasteiger partial charge on any atom is -0.00377 e. The van der Waals surface area contributed by atoms with Crippen LogP contribution in [0.2, 0.25) is 0 Å². The molecule has 0 radical (unpaired) electrons. The van der Waals surface area contributed by atoms with E-state index in [1.165, 1.54) is 30.4 Å². The van der Waals surface area contributed by atoms with Crippen LogP contribution in [-0.4, -0.2) is 6.54 Å². The van der Waals surface area contributed by atoms with E-state index in [0.29, 0.717) is 5.41 Å². The van der Waals surface area contributed by atoms with Gasteiger partial charge in [-0.05, 0) is 43.7 Å². The van der Waals surface area contributed by atoms with Gasteiger partial charge in [0.25, 0.3) is 0 Å². The van der Waals surface area contributed by atoms with Crippen LogP contribution < -0.4 is 5.73 Å². The largest absolute Gasteiger partial charge is 0.330 e. The fourth-order valence-corrected chi connectivity index (χ4v) is 2.63. The van der Waals surface area contributed by atoms with Crippen LogP contribution in [0, 0.1) is 6.92 Å². The minimum Gasteiger partial charge on any atom is -0.330 e. The molecule has 1 nitrogen and oxygen atoms in total. The van der Waals surface area contributed by atoms with E-state index in [-0.39, 0.29) is 0 Å². The molecule has 1 rings (SSSR count). The first-order chi connectivity index (χ1) is 7.68. The third kappa shape index (κ3) is 2.85. The normalized spacial score (nSPS) is 14.8. The van der Waals surface area contributed by atoms with E-state index in [1.807, 2.05) is 0 Å². The van der Waals surface area contributed by atoms with Crippen molar-refractivity contribution in [2.75, 3.05) is 6.54 Å². The molecular weight excluding hydrogens is 194 g/mol. The average Bonchev–Trinajstić information content (AvgIpc) is 2.29. The number of hydrogen-bond acceptors (Lipinski definition) is 1. The fourth-order valence-electron chi connectivity index (χ4n) is 2.63. The van der Waals surface area contributed by atoms with Crippen molar-refractivity contribution in [3.8, 4) is 0 Å². The number of aryl methyl sites for hydroxylation is 1. The highest BCUT2D eigenvalue weighted by Crippen LogP contribution is 2.36. The summed E-state index contributed by atoms with van der Waals surface area (Å²) in [6.45, 7) is 7.46. The average molecular weight is 219 g/mol. The van der Waals surface area contributed by atoms with Gasteiger partial charge in [-0.1, -0.05) is 50.1 Å². The van der Waals surface area contributed by atoms with E-state index in [2.05, 4.69) is 45.0 Å². The zero-order valence-corrected chi connectivity index (χ0v) is 10.9. The summed E-state index contributed by atoms with van der Waals surface area (Å²) in [4.78, 5) is 0. The first-order valence-electron chi connectivity index (χ1n) is 6.45. The Balaban J connectivity index is 3.02. The fraction of sp³-hybridized carbons (Fsp3) is 0.600. The Morgan fingerprint density at radius 3 is 2.12 bits per heavy atom. The highest BCUT2D eigenvalue weighted by molar-refractivity contribution is 5.28. The summed E-state index contributed by atoms with van der Waals surface area (Å²) in [7, 11) is 0. The van der Waals surface area contributed by atoms with Crippen molar-refractivity contribution >= 4 is 0 Å². The van der Waals surface area contributed by atoms with Gasteiger partial charge in [0, 0.05) is 0 Å². The second kappa shape index (κ2) is 6.05. The van der Waals surface area contributed by atoms with Gasteiger partial charge in [-0.15, -0.1) is 0 Å². The van der Waals surface area contributed by atoms with Crippen molar-refractivity contribution in [2.24, 2.45) is 5.73 Å². The van der Waals surface area contributed by atoms with Gasteiger partial charge in [-0.25, -0.2) is 0 Å². The molecule has 0 aliphatic heterocycles. The minimum atomic E-state index is 0.303. The predicted octanol–water partition coefficient (Wildman–Crippen LogP) is 3.79. The molecule has 1 aromatic rings. The molecule has 1 atom stereocenters. The van der Waals surface area contributed by atoms with Crippen LogP contribution in [0.3, 0.4) is 0 Å². The Labute approximate surface area is 100 Å². The zero-order valence-electron chi connectivity index (χ0n) is 10.9. The molecule has 0 amide bonds. The molecule has 0 saturated heterocycles. The molecule has 1 heteroatoms. The Morgan fingerprint density at radius 1 is 1.06 bits per heavy atom. The summed E-state index contributed by atoms with van der Waals surface area (Å²) in [5.74, 6) is 0. The maximum absolute atomic E-state index is 5.79. The smallest absolute Gasteiger partial charge is 0.00377 e. The lowest BCUT2D eigenvalue weighted by Crippen LogP contribution is -2.28. The molecule has 0 spiro atoms. The standard InChI is InChI=1S/C15H25N/c1-4-10-15(5-2,11-12-16)14-8-6-13(3)7-9-14/h6-9H,4-5,10-12,16H2,1-3H3. The van der Waals surface area contributed by atoms with Crippen molar-refractivity contribution in [2.45, 2.75) is 51.9 Å². The Bertz CT molecular complexity index is 294. The Kier molecular flexibility index (Phi) is 5.01. The second-order valence-corrected chi connectivity index (χ2v) is 4.79. The topological polar surface area (TPSA) is 26.0 Å². The summed E-state index contributed by atoms with van der Waals surface area (Å²) in [5.41, 5.74) is 8.89. The van der Waals surface area contributed by atoms with Crippen molar-refractivity contribution in [1.82, 2.24) is 0 Å². The molecule has 0 fully saturated rings. The molecule has 0 aliphatic rings. The van der Waals surface area contributed by atoms with Crippen LogP contribution >= 0.6 is 0 Å². The molecule has 0 aliphatic carbocycles. The van der Waals surface area contributed by atoms with Crippen LogP contribution in [-0.2, 0) is 5.41 Å². The summed E-state index contributed by atoms with van der Waals surface area (Å²) in [5, 5.41) is 0. The van der Waals surface area contributed by atoms with Crippen molar-refractivity contribution in [3.63, 3.8) is 0 Å². The van der Waals surface area contributed by atoms with E-state index in [0.717, 1.165) is 13.0 Å². The van der Waals surface area contributed by atoms with Gasteiger partial charge in [-0.3, -0.25) is 0 Å². The van der Waals surface area contributed by atoms with Gasteiger partial charge in [0.05, 0.1) is 0 Å². The maximum atomic E-state index is 5.79. The number of benzene rings is 1. The summed E-state index contributed by atoms with van der Waals surface area (Å²) < 4.78 is 0. The van der Waals surface area contributed by atoms with Crippen molar-refractivity contribution in [1.29, 1.82) is 0 Å². The van der Waals surface area contributed by atoms with Gasteiger partial charge in [0.1, 0.15) is 0 Å². The quantitative estimate of drug-likeness (QED) is 0.774. The lowest BCUT2D eigenvalue weighted by Gasteiger charge is -2.33. The highest BCUT2D eigenvalue weighted by Gasteiger charge is 2.28. The molecule has 90 valence electrons. The van der Waals surface area contributed by atoms with E-state index >= 15 is 0 Å². The highest BCUT2D eigenvalue weighted by atomic mass is 14.5. The van der Waals surface area contributed by atoms with Gasteiger partial charge >= 0.3 is 0 Å². The van der Waals surface area contributed by atoms with Crippen molar-refractivity contribution in [3.05, 3.63) is 35.4 Å². The predicted molar refractivity (Wildman–Crippen MR) is 71.7 cm³/mol. The van der Waals surface area contributed by atoms with Crippen LogP contribution in [0.1, 0.15) is 50.7 Å². The molecule has 0 bridgehead atoms.